The van der Waals surface area contributed by atoms with Crippen LogP contribution >= 0.6 is 0 Å². The van der Waals surface area contributed by atoms with Gasteiger partial charge in [-0.3, -0.25) is 0 Å². The maximum atomic E-state index is 12.5. The molecule has 0 saturated heterocycles. The molecule has 1 aromatic rings. The van der Waals surface area contributed by atoms with Crippen LogP contribution in [0.5, 0.6) is 0 Å². The number of aromatic nitrogens is 1. The van der Waals surface area contributed by atoms with E-state index in [0.717, 1.165) is 6.54 Å². The summed E-state index contributed by atoms with van der Waals surface area (Å²) in [6.07, 6.45) is 0.833. The Morgan fingerprint density at radius 1 is 1.47 bits per heavy atom. The van der Waals surface area contributed by atoms with E-state index in [1.807, 2.05) is 0 Å². The first-order valence-electron chi connectivity index (χ1n) is 4.92. The van der Waals surface area contributed by atoms with Crippen molar-refractivity contribution in [1.82, 2.24) is 10.3 Å². The SMILES string of the molecule is CC(O)CNCCNc1ccc(F)cn1. The fourth-order valence-corrected chi connectivity index (χ4v) is 1.07. The molecule has 0 fully saturated rings. The normalized spacial score (nSPS) is 12.5. The molecule has 5 heteroatoms. The lowest BCUT2D eigenvalue weighted by molar-refractivity contribution is 0.192. The number of hydrogen-bond acceptors (Lipinski definition) is 4. The van der Waals surface area contributed by atoms with E-state index in [2.05, 4.69) is 15.6 Å². The molecule has 15 heavy (non-hydrogen) atoms. The molecule has 84 valence electrons. The Morgan fingerprint density at radius 2 is 2.27 bits per heavy atom. The minimum atomic E-state index is -0.340. The number of nitrogens with one attached hydrogen (secondary N) is 2. The molecule has 1 aromatic heterocycles. The number of nitrogens with zero attached hydrogens (tertiary/aromatic N) is 1. The van der Waals surface area contributed by atoms with Crippen LogP contribution in [-0.2, 0) is 0 Å². The second-order valence-electron chi connectivity index (χ2n) is 3.34. The molecular formula is C10H16FN3O. The van der Waals surface area contributed by atoms with Crippen LogP contribution in [-0.4, -0.2) is 35.8 Å². The highest BCUT2D eigenvalue weighted by Gasteiger charge is 1.95. The van der Waals surface area contributed by atoms with Crippen molar-refractivity contribution in [2.24, 2.45) is 0 Å². The second-order valence-corrected chi connectivity index (χ2v) is 3.34. The fraction of sp³-hybridized carbons (Fsp3) is 0.500. The summed E-state index contributed by atoms with van der Waals surface area (Å²) in [7, 11) is 0. The summed E-state index contributed by atoms with van der Waals surface area (Å²) in [6, 6.07) is 2.95. The van der Waals surface area contributed by atoms with Gasteiger partial charge in [-0.2, -0.15) is 0 Å². The number of aliphatic hydroxyl groups excluding tert-OH is 1. The smallest absolute Gasteiger partial charge is 0.141 e. The number of halogens is 1. The van der Waals surface area contributed by atoms with E-state index in [4.69, 9.17) is 5.11 Å². The quantitative estimate of drug-likeness (QED) is 0.606. The van der Waals surface area contributed by atoms with Crippen LogP contribution in [0.1, 0.15) is 6.92 Å². The van der Waals surface area contributed by atoms with Crippen molar-refractivity contribution >= 4 is 5.82 Å². The van der Waals surface area contributed by atoms with E-state index in [0.29, 0.717) is 18.9 Å². The third kappa shape index (κ3) is 5.29. The minimum absolute atomic E-state index is 0.339. The average molecular weight is 213 g/mol. The third-order valence-electron chi connectivity index (χ3n) is 1.78. The van der Waals surface area contributed by atoms with Crippen molar-refractivity contribution in [2.45, 2.75) is 13.0 Å². The highest BCUT2D eigenvalue weighted by atomic mass is 19.1. The summed E-state index contributed by atoms with van der Waals surface area (Å²) in [5, 5.41) is 15.0. The lowest BCUT2D eigenvalue weighted by atomic mass is 10.4. The topological polar surface area (TPSA) is 57.2 Å². The Labute approximate surface area is 88.5 Å². The molecule has 4 nitrogen and oxygen atoms in total. The van der Waals surface area contributed by atoms with Gasteiger partial charge < -0.3 is 15.7 Å². The fourth-order valence-electron chi connectivity index (χ4n) is 1.07. The summed E-state index contributed by atoms with van der Waals surface area (Å²) in [5.74, 6) is 0.308. The lowest BCUT2D eigenvalue weighted by Crippen LogP contribution is -2.29. The Bertz CT molecular complexity index is 277. The molecular weight excluding hydrogens is 197 g/mol. The van der Waals surface area contributed by atoms with Crippen LogP contribution in [0.15, 0.2) is 18.3 Å². The molecule has 0 aliphatic carbocycles. The maximum absolute atomic E-state index is 12.5. The Balaban J connectivity index is 2.12. The summed E-state index contributed by atoms with van der Waals surface area (Å²) >= 11 is 0. The monoisotopic (exact) mass is 213 g/mol. The van der Waals surface area contributed by atoms with Gasteiger partial charge in [0.05, 0.1) is 12.3 Å². The van der Waals surface area contributed by atoms with Crippen LogP contribution in [0.4, 0.5) is 10.2 Å². The van der Waals surface area contributed by atoms with Gasteiger partial charge in [-0.15, -0.1) is 0 Å². The predicted molar refractivity (Wildman–Crippen MR) is 57.2 cm³/mol. The highest BCUT2D eigenvalue weighted by molar-refractivity contribution is 5.33. The van der Waals surface area contributed by atoms with Gasteiger partial charge in [0, 0.05) is 19.6 Å². The molecule has 0 radical (unpaired) electrons. The molecule has 0 aromatic carbocycles. The molecule has 0 spiro atoms. The number of rotatable bonds is 6. The number of hydrogen-bond donors (Lipinski definition) is 3. The Hall–Kier alpha value is -1.20. The van der Waals surface area contributed by atoms with Gasteiger partial charge in [-0.05, 0) is 19.1 Å². The van der Waals surface area contributed by atoms with Crippen molar-refractivity contribution in [3.05, 3.63) is 24.1 Å². The first-order valence-corrected chi connectivity index (χ1v) is 4.92. The number of pyridine rings is 1. The third-order valence-corrected chi connectivity index (χ3v) is 1.78. The summed E-state index contributed by atoms with van der Waals surface area (Å²) in [5.41, 5.74) is 0. The molecule has 1 heterocycles. The van der Waals surface area contributed by atoms with Crippen LogP contribution in [0.2, 0.25) is 0 Å². The van der Waals surface area contributed by atoms with E-state index in [9.17, 15) is 4.39 Å². The van der Waals surface area contributed by atoms with Crippen molar-refractivity contribution in [3.8, 4) is 0 Å². The van der Waals surface area contributed by atoms with Gasteiger partial charge in [0.15, 0.2) is 0 Å². The van der Waals surface area contributed by atoms with Gasteiger partial charge in [0.25, 0.3) is 0 Å². The predicted octanol–water partition coefficient (Wildman–Crippen LogP) is 0.603. The van der Waals surface area contributed by atoms with Crippen LogP contribution in [0, 0.1) is 5.82 Å². The second kappa shape index (κ2) is 6.31. The zero-order chi connectivity index (χ0) is 11.1. The molecule has 0 aliphatic rings. The highest BCUT2D eigenvalue weighted by Crippen LogP contribution is 2.01. The van der Waals surface area contributed by atoms with E-state index in [1.54, 1.807) is 13.0 Å². The summed E-state index contributed by atoms with van der Waals surface area (Å²) < 4.78 is 12.5. The Morgan fingerprint density at radius 3 is 2.87 bits per heavy atom. The van der Waals surface area contributed by atoms with Gasteiger partial charge in [-0.1, -0.05) is 0 Å². The van der Waals surface area contributed by atoms with Gasteiger partial charge in [0.2, 0.25) is 0 Å². The van der Waals surface area contributed by atoms with Gasteiger partial charge in [0.1, 0.15) is 11.6 Å². The molecule has 0 amide bonds. The first kappa shape index (κ1) is 11.9. The van der Waals surface area contributed by atoms with Crippen molar-refractivity contribution in [3.63, 3.8) is 0 Å². The molecule has 3 N–H and O–H groups in total. The number of aliphatic hydroxyl groups is 1. The average Bonchev–Trinajstić information content (AvgIpc) is 2.20. The molecule has 0 aliphatic heterocycles. The van der Waals surface area contributed by atoms with Gasteiger partial charge >= 0.3 is 0 Å². The summed E-state index contributed by atoms with van der Waals surface area (Å²) in [4.78, 5) is 3.85. The standard InChI is InChI=1S/C10H16FN3O/c1-8(15)6-12-4-5-13-10-3-2-9(11)7-14-10/h2-3,7-8,12,15H,4-6H2,1H3,(H,13,14). The zero-order valence-electron chi connectivity index (χ0n) is 8.70. The van der Waals surface area contributed by atoms with Crippen molar-refractivity contribution in [1.29, 1.82) is 0 Å². The van der Waals surface area contributed by atoms with Crippen LogP contribution < -0.4 is 10.6 Å². The largest absolute Gasteiger partial charge is 0.392 e. The van der Waals surface area contributed by atoms with E-state index < -0.39 is 0 Å². The maximum Gasteiger partial charge on any atom is 0.141 e. The van der Waals surface area contributed by atoms with Crippen molar-refractivity contribution in [2.75, 3.05) is 25.0 Å². The van der Waals surface area contributed by atoms with Gasteiger partial charge in [-0.25, -0.2) is 9.37 Å². The zero-order valence-corrected chi connectivity index (χ0v) is 8.70. The van der Waals surface area contributed by atoms with Crippen molar-refractivity contribution < 1.29 is 9.50 Å². The van der Waals surface area contributed by atoms with E-state index in [-0.39, 0.29) is 11.9 Å². The molecule has 1 unspecified atom stereocenters. The lowest BCUT2D eigenvalue weighted by Gasteiger charge is -2.08. The molecule has 0 saturated carbocycles. The molecule has 1 atom stereocenters. The molecule has 1 rings (SSSR count). The molecule has 0 bridgehead atoms. The first-order chi connectivity index (χ1) is 7.18. The van der Waals surface area contributed by atoms with Crippen LogP contribution in [0.25, 0.3) is 0 Å². The van der Waals surface area contributed by atoms with Crippen LogP contribution in [0.3, 0.4) is 0 Å². The summed E-state index contributed by atoms with van der Waals surface area (Å²) in [6.45, 7) is 3.70. The number of anilines is 1. The Kier molecular flexibility index (Phi) is 5.00. The van der Waals surface area contributed by atoms with E-state index >= 15 is 0 Å². The van der Waals surface area contributed by atoms with E-state index in [1.165, 1.54) is 12.3 Å². The minimum Gasteiger partial charge on any atom is -0.392 e.